The molecule has 0 heterocycles. The SMILES string of the molecule is C=C[C@@H](OCc1ccc(OC)cc1)c1cc(F)ccc1NC. The Morgan fingerprint density at radius 3 is 2.55 bits per heavy atom. The summed E-state index contributed by atoms with van der Waals surface area (Å²) in [6, 6.07) is 12.2. The van der Waals surface area contributed by atoms with Crippen LogP contribution in [0.15, 0.2) is 55.1 Å². The molecule has 0 aliphatic rings. The summed E-state index contributed by atoms with van der Waals surface area (Å²) in [5.74, 6) is 0.500. The first-order valence-electron chi connectivity index (χ1n) is 7.02. The highest BCUT2D eigenvalue weighted by atomic mass is 19.1. The minimum absolute atomic E-state index is 0.297. The monoisotopic (exact) mass is 301 g/mol. The summed E-state index contributed by atoms with van der Waals surface area (Å²) in [7, 11) is 3.42. The van der Waals surface area contributed by atoms with E-state index in [-0.39, 0.29) is 11.9 Å². The number of ether oxygens (including phenoxy) is 2. The van der Waals surface area contributed by atoms with Crippen molar-refractivity contribution >= 4 is 5.69 Å². The van der Waals surface area contributed by atoms with E-state index in [1.807, 2.05) is 24.3 Å². The van der Waals surface area contributed by atoms with Crippen molar-refractivity contribution in [3.05, 3.63) is 72.1 Å². The highest BCUT2D eigenvalue weighted by Gasteiger charge is 2.13. The summed E-state index contributed by atoms with van der Waals surface area (Å²) in [6.07, 6.45) is 1.28. The third-order valence-corrected chi connectivity index (χ3v) is 3.39. The Bertz CT molecular complexity index is 625. The van der Waals surface area contributed by atoms with Gasteiger partial charge in [-0.25, -0.2) is 4.39 Å². The van der Waals surface area contributed by atoms with Crippen LogP contribution in [0.5, 0.6) is 5.75 Å². The predicted octanol–water partition coefficient (Wildman–Crippen LogP) is 4.32. The van der Waals surface area contributed by atoms with E-state index in [1.54, 1.807) is 26.3 Å². The Hall–Kier alpha value is -2.33. The number of hydrogen-bond donors (Lipinski definition) is 1. The molecular formula is C18H20FNO2. The lowest BCUT2D eigenvalue weighted by Gasteiger charge is -2.18. The van der Waals surface area contributed by atoms with Crippen molar-refractivity contribution in [1.82, 2.24) is 0 Å². The molecule has 116 valence electrons. The molecule has 0 aliphatic heterocycles. The Balaban J connectivity index is 2.11. The van der Waals surface area contributed by atoms with Crippen LogP contribution in [0.3, 0.4) is 0 Å². The van der Waals surface area contributed by atoms with Gasteiger partial charge < -0.3 is 14.8 Å². The molecule has 22 heavy (non-hydrogen) atoms. The van der Waals surface area contributed by atoms with Gasteiger partial charge in [-0.2, -0.15) is 0 Å². The van der Waals surface area contributed by atoms with Crippen molar-refractivity contribution in [1.29, 1.82) is 0 Å². The molecule has 2 aromatic rings. The van der Waals surface area contributed by atoms with Crippen molar-refractivity contribution in [3.63, 3.8) is 0 Å². The number of anilines is 1. The summed E-state index contributed by atoms with van der Waals surface area (Å²) in [5, 5.41) is 3.04. The number of benzene rings is 2. The first-order valence-corrected chi connectivity index (χ1v) is 7.02. The lowest BCUT2D eigenvalue weighted by atomic mass is 10.1. The molecule has 0 aliphatic carbocycles. The Morgan fingerprint density at radius 2 is 1.95 bits per heavy atom. The fraction of sp³-hybridized carbons (Fsp3) is 0.222. The zero-order valence-electron chi connectivity index (χ0n) is 12.8. The molecule has 2 rings (SSSR count). The van der Waals surface area contributed by atoms with Crippen LogP contribution in [0.25, 0.3) is 0 Å². The Labute approximate surface area is 130 Å². The number of nitrogens with one attached hydrogen (secondary N) is 1. The van der Waals surface area contributed by atoms with Gasteiger partial charge in [0.1, 0.15) is 17.7 Å². The van der Waals surface area contributed by atoms with E-state index in [9.17, 15) is 4.39 Å². The number of rotatable bonds is 7. The maximum Gasteiger partial charge on any atom is 0.123 e. The Morgan fingerprint density at radius 1 is 1.23 bits per heavy atom. The highest BCUT2D eigenvalue weighted by molar-refractivity contribution is 5.52. The van der Waals surface area contributed by atoms with Crippen LogP contribution < -0.4 is 10.1 Å². The van der Waals surface area contributed by atoms with Crippen molar-refractivity contribution in [2.45, 2.75) is 12.7 Å². The summed E-state index contributed by atoms with van der Waals surface area (Å²) in [5.41, 5.74) is 2.56. The standard InChI is InChI=1S/C18H20FNO2/c1-4-18(16-11-14(19)7-10-17(16)20-2)22-12-13-5-8-15(21-3)9-6-13/h4-11,18,20H,1,12H2,2-3H3/t18-/m1/s1. The van der Waals surface area contributed by atoms with Gasteiger partial charge in [0.2, 0.25) is 0 Å². The van der Waals surface area contributed by atoms with E-state index in [2.05, 4.69) is 11.9 Å². The predicted molar refractivity (Wildman–Crippen MR) is 86.7 cm³/mol. The molecule has 0 radical (unpaired) electrons. The molecule has 1 N–H and O–H groups in total. The molecule has 0 bridgehead atoms. The fourth-order valence-corrected chi connectivity index (χ4v) is 2.19. The summed E-state index contributed by atoms with van der Waals surface area (Å²) >= 11 is 0. The van der Waals surface area contributed by atoms with Gasteiger partial charge in [0.05, 0.1) is 13.7 Å². The largest absolute Gasteiger partial charge is 0.497 e. The minimum atomic E-state index is -0.389. The smallest absolute Gasteiger partial charge is 0.123 e. The van der Waals surface area contributed by atoms with Gasteiger partial charge in [-0.05, 0) is 35.9 Å². The van der Waals surface area contributed by atoms with Crippen LogP contribution >= 0.6 is 0 Å². The molecule has 1 atom stereocenters. The van der Waals surface area contributed by atoms with Gasteiger partial charge in [-0.3, -0.25) is 0 Å². The molecule has 0 saturated carbocycles. The van der Waals surface area contributed by atoms with Crippen LogP contribution in [-0.4, -0.2) is 14.2 Å². The van der Waals surface area contributed by atoms with Crippen molar-refractivity contribution in [3.8, 4) is 5.75 Å². The molecule has 0 unspecified atom stereocenters. The van der Waals surface area contributed by atoms with Crippen LogP contribution in [0, 0.1) is 5.82 Å². The molecule has 0 spiro atoms. The highest BCUT2D eigenvalue weighted by Crippen LogP contribution is 2.28. The molecule has 2 aromatic carbocycles. The number of methoxy groups -OCH3 is 1. The van der Waals surface area contributed by atoms with Crippen LogP contribution in [-0.2, 0) is 11.3 Å². The van der Waals surface area contributed by atoms with E-state index < -0.39 is 0 Å². The van der Waals surface area contributed by atoms with Gasteiger partial charge in [0.25, 0.3) is 0 Å². The molecule has 0 saturated heterocycles. The average molecular weight is 301 g/mol. The van der Waals surface area contributed by atoms with Crippen molar-refractivity contribution in [2.24, 2.45) is 0 Å². The molecule has 0 fully saturated rings. The Kier molecular flexibility index (Phi) is 5.55. The van der Waals surface area contributed by atoms with E-state index in [4.69, 9.17) is 9.47 Å². The molecule has 3 nitrogen and oxygen atoms in total. The maximum atomic E-state index is 13.5. The van der Waals surface area contributed by atoms with Crippen LogP contribution in [0.1, 0.15) is 17.2 Å². The summed E-state index contributed by atoms with van der Waals surface area (Å²) < 4.78 is 24.5. The van der Waals surface area contributed by atoms with Crippen LogP contribution in [0.4, 0.5) is 10.1 Å². The third-order valence-electron chi connectivity index (χ3n) is 3.39. The molecule has 0 amide bonds. The number of halogens is 1. The minimum Gasteiger partial charge on any atom is -0.497 e. The lowest BCUT2D eigenvalue weighted by Crippen LogP contribution is -2.06. The van der Waals surface area contributed by atoms with E-state index >= 15 is 0 Å². The van der Waals surface area contributed by atoms with E-state index in [1.165, 1.54) is 12.1 Å². The van der Waals surface area contributed by atoms with Gasteiger partial charge in [0.15, 0.2) is 0 Å². The fourth-order valence-electron chi connectivity index (χ4n) is 2.19. The average Bonchev–Trinajstić information content (AvgIpc) is 2.56. The molecular weight excluding hydrogens is 281 g/mol. The van der Waals surface area contributed by atoms with E-state index in [0.717, 1.165) is 22.6 Å². The second-order valence-electron chi connectivity index (χ2n) is 4.80. The third kappa shape index (κ3) is 3.86. The topological polar surface area (TPSA) is 30.5 Å². The maximum absolute atomic E-state index is 13.5. The zero-order valence-corrected chi connectivity index (χ0v) is 12.8. The molecule has 0 aromatic heterocycles. The van der Waals surface area contributed by atoms with Gasteiger partial charge in [-0.15, -0.1) is 6.58 Å². The van der Waals surface area contributed by atoms with Crippen molar-refractivity contribution in [2.75, 3.05) is 19.5 Å². The normalized spacial score (nSPS) is 11.8. The van der Waals surface area contributed by atoms with Gasteiger partial charge >= 0.3 is 0 Å². The molecule has 4 heteroatoms. The number of hydrogen-bond acceptors (Lipinski definition) is 3. The first kappa shape index (κ1) is 16.0. The quantitative estimate of drug-likeness (QED) is 0.773. The zero-order chi connectivity index (χ0) is 15.9. The summed E-state index contributed by atoms with van der Waals surface area (Å²) in [6.45, 7) is 4.19. The van der Waals surface area contributed by atoms with Gasteiger partial charge in [0, 0.05) is 18.3 Å². The lowest BCUT2D eigenvalue weighted by molar-refractivity contribution is 0.0722. The van der Waals surface area contributed by atoms with E-state index in [0.29, 0.717) is 6.61 Å². The second-order valence-corrected chi connectivity index (χ2v) is 4.80. The first-order chi connectivity index (χ1) is 10.7. The summed E-state index contributed by atoms with van der Waals surface area (Å²) in [4.78, 5) is 0. The second kappa shape index (κ2) is 7.61. The van der Waals surface area contributed by atoms with Gasteiger partial charge in [-0.1, -0.05) is 18.2 Å². The van der Waals surface area contributed by atoms with Crippen molar-refractivity contribution < 1.29 is 13.9 Å². The van der Waals surface area contributed by atoms with Crippen LogP contribution in [0.2, 0.25) is 0 Å².